The van der Waals surface area contributed by atoms with Gasteiger partial charge in [0.05, 0.1) is 12.6 Å². The highest BCUT2D eigenvalue weighted by molar-refractivity contribution is 5.98. The predicted octanol–water partition coefficient (Wildman–Crippen LogP) is 2.87. The number of ether oxygens (including phenoxy) is 2. The van der Waals surface area contributed by atoms with Gasteiger partial charge < -0.3 is 9.47 Å². The van der Waals surface area contributed by atoms with Crippen LogP contribution in [0.1, 0.15) is 31.7 Å². The van der Waals surface area contributed by atoms with Gasteiger partial charge in [0.1, 0.15) is 6.61 Å². The van der Waals surface area contributed by atoms with Crippen molar-refractivity contribution in [1.29, 1.82) is 0 Å². The van der Waals surface area contributed by atoms with Gasteiger partial charge in [0.15, 0.2) is 5.78 Å². The summed E-state index contributed by atoms with van der Waals surface area (Å²) in [5.74, 6) is -0.792. The fourth-order valence-corrected chi connectivity index (χ4v) is 2.76. The summed E-state index contributed by atoms with van der Waals surface area (Å²) < 4.78 is 10.1. The zero-order valence-corrected chi connectivity index (χ0v) is 14.4. The van der Waals surface area contributed by atoms with E-state index in [9.17, 15) is 14.4 Å². The summed E-state index contributed by atoms with van der Waals surface area (Å²) in [6.07, 6.45) is 0.658. The van der Waals surface area contributed by atoms with Gasteiger partial charge in [-0.1, -0.05) is 36.9 Å². The summed E-state index contributed by atoms with van der Waals surface area (Å²) in [6.45, 7) is 6.15. The van der Waals surface area contributed by atoms with Crippen LogP contribution in [0.5, 0.6) is 0 Å². The molecular weight excluding hydrogens is 322 g/mol. The number of Topliss-reactive ketones (excluding diaryl/α,β-unsaturated/α-hetero) is 1. The molecule has 2 rings (SSSR count). The molecule has 0 radical (unpaired) electrons. The Labute approximate surface area is 147 Å². The Balaban J connectivity index is 1.90. The van der Waals surface area contributed by atoms with E-state index in [1.165, 1.54) is 4.90 Å². The molecule has 1 aliphatic rings. The SMILES string of the molecule is C=C(CC(=O)[C@@H]1CCCN1C(=O)OCc1ccccc1)C(=O)OCC. The van der Waals surface area contributed by atoms with Gasteiger partial charge in [-0.15, -0.1) is 0 Å². The molecule has 0 saturated carbocycles. The largest absolute Gasteiger partial charge is 0.463 e. The number of nitrogens with zero attached hydrogens (tertiary/aromatic N) is 1. The maximum atomic E-state index is 12.4. The topological polar surface area (TPSA) is 72.9 Å². The molecule has 0 aliphatic carbocycles. The molecule has 0 aromatic heterocycles. The molecule has 6 heteroatoms. The molecule has 0 spiro atoms. The molecule has 0 N–H and O–H groups in total. The summed E-state index contributed by atoms with van der Waals surface area (Å²) in [4.78, 5) is 37.8. The van der Waals surface area contributed by atoms with E-state index in [4.69, 9.17) is 9.47 Å². The molecule has 0 unspecified atom stereocenters. The number of carbonyl (C=O) groups is 3. The van der Waals surface area contributed by atoms with E-state index in [1.54, 1.807) is 6.92 Å². The minimum atomic E-state index is -0.577. The van der Waals surface area contributed by atoms with Crippen LogP contribution in [0.25, 0.3) is 0 Å². The van der Waals surface area contributed by atoms with E-state index in [1.807, 2.05) is 30.3 Å². The van der Waals surface area contributed by atoms with Crippen molar-refractivity contribution < 1.29 is 23.9 Å². The van der Waals surface area contributed by atoms with Crippen molar-refractivity contribution in [1.82, 2.24) is 4.90 Å². The van der Waals surface area contributed by atoms with Gasteiger partial charge in [-0.2, -0.15) is 0 Å². The van der Waals surface area contributed by atoms with Crippen LogP contribution >= 0.6 is 0 Å². The summed E-state index contributed by atoms with van der Waals surface area (Å²) in [5.41, 5.74) is 0.991. The number of hydrogen-bond acceptors (Lipinski definition) is 5. The maximum Gasteiger partial charge on any atom is 0.410 e. The maximum absolute atomic E-state index is 12.4. The Kier molecular flexibility index (Phi) is 6.74. The van der Waals surface area contributed by atoms with Gasteiger partial charge in [-0.05, 0) is 25.3 Å². The zero-order chi connectivity index (χ0) is 18.2. The van der Waals surface area contributed by atoms with E-state index in [2.05, 4.69) is 6.58 Å². The van der Waals surface area contributed by atoms with Crippen LogP contribution in [-0.2, 0) is 25.7 Å². The average molecular weight is 345 g/mol. The highest BCUT2D eigenvalue weighted by Crippen LogP contribution is 2.22. The lowest BCUT2D eigenvalue weighted by molar-refractivity contribution is -0.139. The van der Waals surface area contributed by atoms with Gasteiger partial charge in [-0.25, -0.2) is 9.59 Å². The molecule has 1 aromatic carbocycles. The lowest BCUT2D eigenvalue weighted by Gasteiger charge is -2.23. The third-order valence-electron chi connectivity index (χ3n) is 4.02. The van der Waals surface area contributed by atoms with Crippen molar-refractivity contribution >= 4 is 17.8 Å². The molecule has 1 heterocycles. The van der Waals surface area contributed by atoms with Crippen LogP contribution in [0.3, 0.4) is 0 Å². The van der Waals surface area contributed by atoms with E-state index in [0.717, 1.165) is 12.0 Å². The quantitative estimate of drug-likeness (QED) is 0.561. The molecule has 1 fully saturated rings. The first kappa shape index (κ1) is 18.7. The van der Waals surface area contributed by atoms with Gasteiger partial charge in [0, 0.05) is 18.5 Å². The summed E-state index contributed by atoms with van der Waals surface area (Å²) >= 11 is 0. The van der Waals surface area contributed by atoms with Crippen LogP contribution in [0.4, 0.5) is 4.79 Å². The first-order chi connectivity index (χ1) is 12.0. The average Bonchev–Trinajstić information content (AvgIpc) is 3.10. The molecule has 0 bridgehead atoms. The lowest BCUT2D eigenvalue weighted by atomic mass is 10.0. The number of ketones is 1. The number of amides is 1. The van der Waals surface area contributed by atoms with Crippen LogP contribution in [0.15, 0.2) is 42.5 Å². The Hall–Kier alpha value is -2.63. The monoisotopic (exact) mass is 345 g/mol. The minimum Gasteiger partial charge on any atom is -0.463 e. The van der Waals surface area contributed by atoms with Crippen molar-refractivity contribution in [3.63, 3.8) is 0 Å². The second-order valence-electron chi connectivity index (χ2n) is 5.86. The molecule has 1 amide bonds. The van der Waals surface area contributed by atoms with Crippen LogP contribution in [-0.4, -0.2) is 41.9 Å². The Morgan fingerprint density at radius 3 is 2.60 bits per heavy atom. The minimum absolute atomic E-state index is 0.108. The Morgan fingerprint density at radius 1 is 1.20 bits per heavy atom. The van der Waals surface area contributed by atoms with Crippen molar-refractivity contribution in [3.05, 3.63) is 48.0 Å². The van der Waals surface area contributed by atoms with Crippen molar-refractivity contribution in [2.75, 3.05) is 13.2 Å². The first-order valence-corrected chi connectivity index (χ1v) is 8.37. The third-order valence-corrected chi connectivity index (χ3v) is 4.02. The molecule has 1 aliphatic heterocycles. The van der Waals surface area contributed by atoms with Crippen molar-refractivity contribution in [3.8, 4) is 0 Å². The van der Waals surface area contributed by atoms with Crippen LogP contribution < -0.4 is 0 Å². The Morgan fingerprint density at radius 2 is 1.92 bits per heavy atom. The fraction of sp³-hybridized carbons (Fsp3) is 0.421. The lowest BCUT2D eigenvalue weighted by Crippen LogP contribution is -2.41. The fourth-order valence-electron chi connectivity index (χ4n) is 2.76. The third kappa shape index (κ3) is 5.17. The van der Waals surface area contributed by atoms with Gasteiger partial charge in [0.25, 0.3) is 0 Å². The highest BCUT2D eigenvalue weighted by Gasteiger charge is 2.35. The molecule has 1 atom stereocenters. The van der Waals surface area contributed by atoms with E-state index >= 15 is 0 Å². The summed E-state index contributed by atoms with van der Waals surface area (Å²) in [7, 11) is 0. The second-order valence-corrected chi connectivity index (χ2v) is 5.86. The van der Waals surface area contributed by atoms with Gasteiger partial charge in [0.2, 0.25) is 0 Å². The molecule has 134 valence electrons. The van der Waals surface area contributed by atoms with E-state index < -0.39 is 18.1 Å². The van der Waals surface area contributed by atoms with Gasteiger partial charge in [-0.3, -0.25) is 9.69 Å². The molecule has 1 saturated heterocycles. The summed E-state index contributed by atoms with van der Waals surface area (Å²) in [5, 5.41) is 0. The normalized spacial score (nSPS) is 16.4. The van der Waals surface area contributed by atoms with E-state index in [-0.39, 0.29) is 31.0 Å². The van der Waals surface area contributed by atoms with Gasteiger partial charge >= 0.3 is 12.1 Å². The second kappa shape index (κ2) is 9.01. The predicted molar refractivity (Wildman–Crippen MR) is 91.8 cm³/mol. The molecular formula is C19H23NO5. The van der Waals surface area contributed by atoms with Crippen LogP contribution in [0.2, 0.25) is 0 Å². The summed E-state index contributed by atoms with van der Waals surface area (Å²) in [6, 6.07) is 8.77. The molecule has 6 nitrogen and oxygen atoms in total. The van der Waals surface area contributed by atoms with Crippen molar-refractivity contribution in [2.24, 2.45) is 0 Å². The number of rotatable bonds is 7. The Bertz CT molecular complexity index is 640. The standard InChI is InChI=1S/C19H23NO5/c1-3-24-18(22)14(2)12-17(21)16-10-7-11-20(16)19(23)25-13-15-8-5-4-6-9-15/h4-6,8-9,16H,2-3,7,10-13H2,1H3/t16-/m0/s1. The number of likely N-dealkylation sites (tertiary alicyclic amines) is 1. The number of esters is 1. The number of hydrogen-bond donors (Lipinski definition) is 0. The smallest absolute Gasteiger partial charge is 0.410 e. The zero-order valence-electron chi connectivity index (χ0n) is 14.4. The first-order valence-electron chi connectivity index (χ1n) is 8.37. The number of benzene rings is 1. The van der Waals surface area contributed by atoms with Crippen LogP contribution in [0, 0.1) is 0 Å². The molecule has 25 heavy (non-hydrogen) atoms. The van der Waals surface area contributed by atoms with E-state index in [0.29, 0.717) is 13.0 Å². The number of carbonyl (C=O) groups excluding carboxylic acids is 3. The molecule has 1 aromatic rings. The van der Waals surface area contributed by atoms with Crippen molar-refractivity contribution in [2.45, 2.75) is 38.8 Å². The highest BCUT2D eigenvalue weighted by atomic mass is 16.6.